The van der Waals surface area contributed by atoms with Gasteiger partial charge >= 0.3 is 0 Å². The first-order valence-corrected chi connectivity index (χ1v) is 7.18. The van der Waals surface area contributed by atoms with E-state index in [0.29, 0.717) is 5.75 Å². The van der Waals surface area contributed by atoms with Gasteiger partial charge in [-0.2, -0.15) is 0 Å². The second kappa shape index (κ2) is 6.59. The van der Waals surface area contributed by atoms with Gasteiger partial charge in [-0.05, 0) is 56.8 Å². The van der Waals surface area contributed by atoms with Crippen LogP contribution in [0.15, 0.2) is 54.1 Å². The zero-order valence-corrected chi connectivity index (χ0v) is 13.2. The molecule has 0 fully saturated rings. The highest BCUT2D eigenvalue weighted by molar-refractivity contribution is 5.82. The van der Waals surface area contributed by atoms with Crippen molar-refractivity contribution in [1.29, 1.82) is 0 Å². The third-order valence-electron chi connectivity index (χ3n) is 3.46. The van der Waals surface area contributed by atoms with E-state index in [1.54, 1.807) is 6.07 Å². The minimum atomic E-state index is 0.301. The van der Waals surface area contributed by atoms with Crippen LogP contribution in [0.4, 0.5) is 0 Å². The Morgan fingerprint density at radius 2 is 1.67 bits per heavy atom. The Hall–Kier alpha value is -2.06. The molecule has 1 N–H and O–H groups in total. The summed E-state index contributed by atoms with van der Waals surface area (Å²) in [6.45, 7) is 5.13. The molecule has 0 aliphatic rings. The molecule has 0 aromatic heterocycles. The number of aromatic hydroxyl groups is 1. The van der Waals surface area contributed by atoms with Crippen molar-refractivity contribution in [3.05, 3.63) is 70.8 Å². The molecule has 2 rings (SSSR count). The van der Waals surface area contributed by atoms with Gasteiger partial charge in [-0.1, -0.05) is 47.5 Å². The summed E-state index contributed by atoms with van der Waals surface area (Å²) >= 11 is 0. The molecular weight excluding hydrogens is 258 g/mol. The topological polar surface area (TPSA) is 23.5 Å². The number of hydrogen-bond donors (Lipinski definition) is 1. The summed E-state index contributed by atoms with van der Waals surface area (Å²) in [7, 11) is 4.14. The zero-order valence-electron chi connectivity index (χ0n) is 13.2. The lowest BCUT2D eigenvalue weighted by Crippen LogP contribution is -2.15. The van der Waals surface area contributed by atoms with Crippen LogP contribution in [0.25, 0.3) is 5.57 Å². The van der Waals surface area contributed by atoms with Crippen molar-refractivity contribution in [1.82, 2.24) is 4.90 Å². The number of likely N-dealkylation sites (N-methyl/N-ethyl adjacent to an activating group) is 1. The predicted molar refractivity (Wildman–Crippen MR) is 89.5 cm³/mol. The highest BCUT2D eigenvalue weighted by Gasteiger charge is 2.10. The number of rotatable bonds is 4. The molecule has 0 radical (unpaired) electrons. The molecule has 0 unspecified atom stereocenters. The summed E-state index contributed by atoms with van der Waals surface area (Å²) in [5, 5.41) is 9.78. The first-order valence-electron chi connectivity index (χ1n) is 7.18. The van der Waals surface area contributed by atoms with Crippen LogP contribution in [0.5, 0.6) is 5.75 Å². The Kier molecular flexibility index (Phi) is 4.81. The summed E-state index contributed by atoms with van der Waals surface area (Å²) < 4.78 is 0. The Balaban J connectivity index is 2.56. The first-order chi connectivity index (χ1) is 9.97. The van der Waals surface area contributed by atoms with Crippen molar-refractivity contribution in [3.8, 4) is 5.75 Å². The van der Waals surface area contributed by atoms with E-state index < -0.39 is 0 Å². The largest absolute Gasteiger partial charge is 0.508 e. The number of aryl methyl sites for hydroxylation is 1. The molecule has 0 aliphatic heterocycles. The average molecular weight is 281 g/mol. The van der Waals surface area contributed by atoms with E-state index >= 15 is 0 Å². The van der Waals surface area contributed by atoms with Crippen LogP contribution in [0.1, 0.15) is 23.6 Å². The molecule has 0 amide bonds. The molecule has 21 heavy (non-hydrogen) atoms. The fourth-order valence-electron chi connectivity index (χ4n) is 2.59. The number of benzene rings is 2. The van der Waals surface area contributed by atoms with Crippen LogP contribution in [0, 0.1) is 6.92 Å². The smallest absolute Gasteiger partial charge is 0.116 e. The number of hydrogen-bond acceptors (Lipinski definition) is 2. The summed E-state index contributed by atoms with van der Waals surface area (Å²) in [5.41, 5.74) is 5.97. The van der Waals surface area contributed by atoms with Crippen molar-refractivity contribution in [3.63, 3.8) is 0 Å². The predicted octanol–water partition coefficient (Wildman–Crippen LogP) is 4.08. The molecule has 0 spiro atoms. The average Bonchev–Trinajstić information content (AvgIpc) is 2.40. The lowest BCUT2D eigenvalue weighted by atomic mass is 9.92. The summed E-state index contributed by atoms with van der Waals surface area (Å²) in [6.07, 6.45) is 0. The lowest BCUT2D eigenvalue weighted by molar-refractivity contribution is 0.446. The van der Waals surface area contributed by atoms with Gasteiger partial charge in [0.15, 0.2) is 0 Å². The monoisotopic (exact) mass is 281 g/mol. The lowest BCUT2D eigenvalue weighted by Gasteiger charge is -2.17. The summed E-state index contributed by atoms with van der Waals surface area (Å²) in [4.78, 5) is 2.16. The van der Waals surface area contributed by atoms with Gasteiger partial charge in [0.1, 0.15) is 5.75 Å². The van der Waals surface area contributed by atoms with Gasteiger partial charge in [-0.15, -0.1) is 0 Å². The van der Waals surface area contributed by atoms with Gasteiger partial charge in [0.05, 0.1) is 0 Å². The molecule has 2 nitrogen and oxygen atoms in total. The molecule has 2 heteroatoms. The van der Waals surface area contributed by atoms with Gasteiger partial charge in [0.2, 0.25) is 0 Å². The number of phenolic OH excluding ortho intramolecular Hbond substituents is 1. The van der Waals surface area contributed by atoms with Crippen molar-refractivity contribution in [2.45, 2.75) is 13.8 Å². The van der Waals surface area contributed by atoms with E-state index in [9.17, 15) is 5.11 Å². The Labute approximate surface area is 127 Å². The third kappa shape index (κ3) is 3.96. The van der Waals surface area contributed by atoms with E-state index in [4.69, 9.17) is 0 Å². The third-order valence-corrected chi connectivity index (χ3v) is 3.46. The second-order valence-corrected chi connectivity index (χ2v) is 5.81. The highest BCUT2D eigenvalue weighted by Crippen LogP contribution is 2.29. The van der Waals surface area contributed by atoms with Crippen molar-refractivity contribution in [2.75, 3.05) is 20.6 Å². The molecule has 0 saturated carbocycles. The van der Waals surface area contributed by atoms with Crippen molar-refractivity contribution in [2.24, 2.45) is 0 Å². The first kappa shape index (κ1) is 15.3. The van der Waals surface area contributed by atoms with Crippen molar-refractivity contribution >= 4 is 5.57 Å². The van der Waals surface area contributed by atoms with E-state index in [2.05, 4.69) is 57.1 Å². The van der Waals surface area contributed by atoms with Crippen LogP contribution < -0.4 is 0 Å². The molecule has 0 atom stereocenters. The van der Waals surface area contributed by atoms with Gasteiger partial charge in [-0.3, -0.25) is 0 Å². The maximum atomic E-state index is 9.78. The summed E-state index contributed by atoms with van der Waals surface area (Å²) in [5.74, 6) is 0.301. The van der Waals surface area contributed by atoms with E-state index in [1.807, 2.05) is 18.2 Å². The molecule has 0 heterocycles. The minimum absolute atomic E-state index is 0.301. The minimum Gasteiger partial charge on any atom is -0.508 e. The Bertz CT molecular complexity index is 639. The van der Waals surface area contributed by atoms with E-state index in [-0.39, 0.29) is 0 Å². The van der Waals surface area contributed by atoms with E-state index in [0.717, 1.165) is 12.1 Å². The van der Waals surface area contributed by atoms with Gasteiger partial charge < -0.3 is 10.0 Å². The van der Waals surface area contributed by atoms with Gasteiger partial charge in [-0.25, -0.2) is 0 Å². The standard InChI is InChI=1S/C19H23NO/c1-14-8-10-16(11-9-14)19(15(2)13-20(3)4)17-6-5-7-18(21)12-17/h5-12,21H,13H2,1-4H3/b19-15-. The van der Waals surface area contributed by atoms with Crippen LogP contribution in [-0.4, -0.2) is 30.6 Å². The molecule has 2 aromatic rings. The highest BCUT2D eigenvalue weighted by atomic mass is 16.3. The maximum absolute atomic E-state index is 9.78. The fraction of sp³-hybridized carbons (Fsp3) is 0.263. The summed E-state index contributed by atoms with van der Waals surface area (Å²) in [6, 6.07) is 16.0. The molecule has 110 valence electrons. The molecule has 0 aliphatic carbocycles. The molecule has 2 aromatic carbocycles. The number of phenols is 1. The molecular formula is C19H23NO. The van der Waals surface area contributed by atoms with Crippen molar-refractivity contribution < 1.29 is 5.11 Å². The van der Waals surface area contributed by atoms with Crippen LogP contribution in [-0.2, 0) is 0 Å². The SMILES string of the molecule is C/C(CN(C)C)=C(\c1ccc(C)cc1)c1cccc(O)c1. The number of nitrogens with zero attached hydrogens (tertiary/aromatic N) is 1. The fourth-order valence-corrected chi connectivity index (χ4v) is 2.59. The van der Waals surface area contributed by atoms with E-state index in [1.165, 1.54) is 22.3 Å². The van der Waals surface area contributed by atoms with Gasteiger partial charge in [0.25, 0.3) is 0 Å². The Morgan fingerprint density at radius 3 is 2.24 bits per heavy atom. The Morgan fingerprint density at radius 1 is 1.00 bits per heavy atom. The van der Waals surface area contributed by atoms with Crippen LogP contribution >= 0.6 is 0 Å². The molecule has 0 saturated heterocycles. The van der Waals surface area contributed by atoms with Crippen LogP contribution in [0.2, 0.25) is 0 Å². The maximum Gasteiger partial charge on any atom is 0.116 e. The quantitative estimate of drug-likeness (QED) is 0.912. The van der Waals surface area contributed by atoms with Crippen LogP contribution in [0.3, 0.4) is 0 Å². The van der Waals surface area contributed by atoms with Gasteiger partial charge in [0, 0.05) is 6.54 Å². The molecule has 0 bridgehead atoms. The second-order valence-electron chi connectivity index (χ2n) is 5.81. The normalized spacial score (nSPS) is 12.4. The zero-order chi connectivity index (χ0) is 15.4.